The Balaban J connectivity index is 2.89. The molecule has 0 amide bonds. The van der Waals surface area contributed by atoms with Crippen molar-refractivity contribution < 1.29 is 0 Å². The first-order valence-electron chi connectivity index (χ1n) is 4.33. The van der Waals surface area contributed by atoms with E-state index in [0.717, 1.165) is 5.56 Å². The number of hydrogen-bond donors (Lipinski definition) is 0. The number of benzene rings is 1. The van der Waals surface area contributed by atoms with Gasteiger partial charge in [0, 0.05) is 17.4 Å². The molecule has 0 radical (unpaired) electrons. The van der Waals surface area contributed by atoms with Gasteiger partial charge in [0.1, 0.15) is 0 Å². The highest BCUT2D eigenvalue weighted by atomic mass is 79.9. The van der Waals surface area contributed by atoms with Crippen molar-refractivity contribution in [2.75, 3.05) is 0 Å². The molecule has 0 aliphatic carbocycles. The fourth-order valence-corrected chi connectivity index (χ4v) is 2.23. The van der Waals surface area contributed by atoms with E-state index in [2.05, 4.69) is 20.9 Å². The van der Waals surface area contributed by atoms with E-state index in [1.54, 1.807) is 19.2 Å². The Morgan fingerprint density at radius 1 is 1.53 bits per heavy atom. The van der Waals surface area contributed by atoms with E-state index >= 15 is 0 Å². The first-order valence-corrected chi connectivity index (χ1v) is 5.83. The van der Waals surface area contributed by atoms with E-state index in [9.17, 15) is 4.79 Å². The van der Waals surface area contributed by atoms with Crippen molar-refractivity contribution >= 4 is 38.4 Å². The summed E-state index contributed by atoms with van der Waals surface area (Å²) in [6.07, 6.45) is 1.49. The molecule has 0 saturated carbocycles. The number of nitrogens with zero attached hydrogens (tertiary/aromatic N) is 2. The number of aryl methyl sites for hydroxylation is 1. The molecule has 0 spiro atoms. The topological polar surface area (TPSA) is 34.9 Å². The van der Waals surface area contributed by atoms with Gasteiger partial charge in [-0.2, -0.15) is 0 Å². The molecule has 0 atom stereocenters. The van der Waals surface area contributed by atoms with Crippen LogP contribution < -0.4 is 5.56 Å². The fourth-order valence-electron chi connectivity index (χ4n) is 1.38. The zero-order chi connectivity index (χ0) is 11.0. The van der Waals surface area contributed by atoms with Gasteiger partial charge in [-0.25, -0.2) is 4.98 Å². The van der Waals surface area contributed by atoms with E-state index in [1.165, 1.54) is 10.9 Å². The van der Waals surface area contributed by atoms with Crippen LogP contribution in [0.2, 0.25) is 5.02 Å². The van der Waals surface area contributed by atoms with E-state index in [1.807, 2.05) is 0 Å². The van der Waals surface area contributed by atoms with Crippen LogP contribution in [0, 0.1) is 0 Å². The Bertz CT molecular complexity index is 579. The maximum Gasteiger partial charge on any atom is 0.260 e. The summed E-state index contributed by atoms with van der Waals surface area (Å²) in [5, 5.41) is 1.85. The molecule has 0 saturated heterocycles. The number of hydrogen-bond acceptors (Lipinski definition) is 2. The summed E-state index contributed by atoms with van der Waals surface area (Å²) in [6.45, 7) is 0. The van der Waals surface area contributed by atoms with E-state index in [-0.39, 0.29) is 5.56 Å². The highest BCUT2D eigenvalue weighted by Crippen LogP contribution is 2.22. The average Bonchev–Trinajstić information content (AvgIpc) is 2.23. The van der Waals surface area contributed by atoms with Crippen molar-refractivity contribution in [2.45, 2.75) is 5.33 Å². The Kier molecular flexibility index (Phi) is 2.80. The summed E-state index contributed by atoms with van der Waals surface area (Å²) >= 11 is 9.34. The average molecular weight is 288 g/mol. The van der Waals surface area contributed by atoms with Crippen LogP contribution in [-0.4, -0.2) is 9.55 Å². The van der Waals surface area contributed by atoms with Crippen LogP contribution in [0.1, 0.15) is 5.56 Å². The molecule has 0 fully saturated rings. The highest BCUT2D eigenvalue weighted by Gasteiger charge is 2.06. The van der Waals surface area contributed by atoms with Crippen LogP contribution >= 0.6 is 27.5 Å². The molecule has 0 aliphatic heterocycles. The molecule has 78 valence electrons. The monoisotopic (exact) mass is 286 g/mol. The SMILES string of the molecule is Cn1cnc2cc(Cl)c(CBr)cc2c1=O. The Morgan fingerprint density at radius 2 is 2.27 bits per heavy atom. The van der Waals surface area contributed by atoms with Gasteiger partial charge in [0.05, 0.1) is 17.2 Å². The maximum atomic E-state index is 11.8. The summed E-state index contributed by atoms with van der Waals surface area (Å²) in [5.41, 5.74) is 1.47. The quantitative estimate of drug-likeness (QED) is 0.755. The van der Waals surface area contributed by atoms with Crippen molar-refractivity contribution in [1.29, 1.82) is 0 Å². The van der Waals surface area contributed by atoms with Crippen molar-refractivity contribution in [1.82, 2.24) is 9.55 Å². The first kappa shape index (κ1) is 10.6. The van der Waals surface area contributed by atoms with Gasteiger partial charge in [0.15, 0.2) is 0 Å². The van der Waals surface area contributed by atoms with Crippen LogP contribution in [0.3, 0.4) is 0 Å². The second kappa shape index (κ2) is 3.94. The normalized spacial score (nSPS) is 10.9. The van der Waals surface area contributed by atoms with Gasteiger partial charge in [-0.05, 0) is 17.7 Å². The second-order valence-corrected chi connectivity index (χ2v) is 4.22. The third-order valence-corrected chi connectivity index (χ3v) is 3.19. The largest absolute Gasteiger partial charge is 0.302 e. The van der Waals surface area contributed by atoms with Gasteiger partial charge >= 0.3 is 0 Å². The molecule has 0 N–H and O–H groups in total. The third-order valence-electron chi connectivity index (χ3n) is 2.23. The zero-order valence-corrected chi connectivity index (χ0v) is 10.3. The molecule has 1 aromatic heterocycles. The van der Waals surface area contributed by atoms with Gasteiger partial charge in [-0.15, -0.1) is 0 Å². The lowest BCUT2D eigenvalue weighted by atomic mass is 10.2. The van der Waals surface area contributed by atoms with Crippen LogP contribution in [0.4, 0.5) is 0 Å². The van der Waals surface area contributed by atoms with Gasteiger partial charge in [0.25, 0.3) is 5.56 Å². The van der Waals surface area contributed by atoms with E-state index < -0.39 is 0 Å². The highest BCUT2D eigenvalue weighted by molar-refractivity contribution is 9.08. The standard InChI is InChI=1S/C10H8BrClN2O/c1-14-5-13-9-3-8(12)6(4-11)2-7(9)10(14)15/h2-3,5H,4H2,1H3. The van der Waals surface area contributed by atoms with Crippen molar-refractivity contribution in [3.8, 4) is 0 Å². The molecule has 5 heteroatoms. The number of rotatable bonds is 1. The minimum Gasteiger partial charge on any atom is -0.302 e. The predicted octanol–water partition coefficient (Wildman–Crippen LogP) is 2.48. The van der Waals surface area contributed by atoms with Gasteiger partial charge < -0.3 is 4.57 Å². The van der Waals surface area contributed by atoms with Crippen LogP contribution in [0.25, 0.3) is 10.9 Å². The molecule has 1 heterocycles. The lowest BCUT2D eigenvalue weighted by molar-refractivity contribution is 0.842. The van der Waals surface area contributed by atoms with E-state index in [4.69, 9.17) is 11.6 Å². The molecule has 0 aliphatic rings. The Morgan fingerprint density at radius 3 is 2.93 bits per heavy atom. The van der Waals surface area contributed by atoms with Crippen molar-refractivity contribution in [3.63, 3.8) is 0 Å². The van der Waals surface area contributed by atoms with Gasteiger partial charge in [-0.1, -0.05) is 27.5 Å². The number of fused-ring (bicyclic) bond motifs is 1. The Labute approximate surface area is 99.8 Å². The number of alkyl halides is 1. The summed E-state index contributed by atoms with van der Waals surface area (Å²) < 4.78 is 1.45. The molecule has 15 heavy (non-hydrogen) atoms. The smallest absolute Gasteiger partial charge is 0.260 e. The lowest BCUT2D eigenvalue weighted by Gasteiger charge is -2.04. The summed E-state index contributed by atoms with van der Waals surface area (Å²) in [7, 11) is 1.68. The van der Waals surface area contributed by atoms with Gasteiger partial charge in [-0.3, -0.25) is 4.79 Å². The summed E-state index contributed by atoms with van der Waals surface area (Å²) in [4.78, 5) is 15.9. The summed E-state index contributed by atoms with van der Waals surface area (Å²) in [5.74, 6) is 0. The minimum atomic E-state index is -0.0566. The molecule has 3 nitrogen and oxygen atoms in total. The molecule has 2 aromatic rings. The van der Waals surface area contributed by atoms with Crippen LogP contribution in [0.5, 0.6) is 0 Å². The van der Waals surface area contributed by atoms with Crippen molar-refractivity contribution in [2.24, 2.45) is 7.05 Å². The third kappa shape index (κ3) is 1.79. The van der Waals surface area contributed by atoms with E-state index in [0.29, 0.717) is 21.3 Å². The molecule has 0 unspecified atom stereocenters. The number of halogens is 2. The first-order chi connectivity index (χ1) is 7.13. The maximum absolute atomic E-state index is 11.8. The van der Waals surface area contributed by atoms with Crippen LogP contribution in [-0.2, 0) is 12.4 Å². The molecule has 1 aromatic carbocycles. The predicted molar refractivity (Wildman–Crippen MR) is 64.6 cm³/mol. The zero-order valence-electron chi connectivity index (χ0n) is 8.00. The minimum absolute atomic E-state index is 0.0566. The summed E-state index contributed by atoms with van der Waals surface area (Å²) in [6, 6.07) is 3.50. The molecule has 2 rings (SSSR count). The lowest BCUT2D eigenvalue weighted by Crippen LogP contribution is -2.17. The number of aromatic nitrogens is 2. The Hall–Kier alpha value is -0.870. The molecule has 0 bridgehead atoms. The molecular formula is C10H8BrClN2O. The van der Waals surface area contributed by atoms with Crippen LogP contribution in [0.15, 0.2) is 23.3 Å². The second-order valence-electron chi connectivity index (χ2n) is 3.26. The van der Waals surface area contributed by atoms with Crippen molar-refractivity contribution in [3.05, 3.63) is 39.4 Å². The fraction of sp³-hybridized carbons (Fsp3) is 0.200. The van der Waals surface area contributed by atoms with Gasteiger partial charge in [0.2, 0.25) is 0 Å². The molecular weight excluding hydrogens is 279 g/mol.